The SMILES string of the molecule is Cc1ccccc1COc1cccc(NC(=O)C2(CN)CCOCC2)c1. The highest BCUT2D eigenvalue weighted by atomic mass is 16.5. The first-order valence-corrected chi connectivity index (χ1v) is 9.00. The van der Waals surface area contributed by atoms with Gasteiger partial charge in [-0.3, -0.25) is 4.79 Å². The minimum Gasteiger partial charge on any atom is -0.489 e. The lowest BCUT2D eigenvalue weighted by atomic mass is 9.79. The van der Waals surface area contributed by atoms with E-state index >= 15 is 0 Å². The molecule has 0 bridgehead atoms. The molecule has 5 nitrogen and oxygen atoms in total. The summed E-state index contributed by atoms with van der Waals surface area (Å²) in [5.74, 6) is 0.680. The Balaban J connectivity index is 1.65. The first kappa shape index (κ1) is 18.4. The summed E-state index contributed by atoms with van der Waals surface area (Å²) in [4.78, 5) is 12.8. The number of benzene rings is 2. The van der Waals surface area contributed by atoms with Crippen molar-refractivity contribution in [2.45, 2.75) is 26.4 Å². The molecule has 0 spiro atoms. The highest BCUT2D eigenvalue weighted by Crippen LogP contribution is 2.31. The average molecular weight is 354 g/mol. The van der Waals surface area contributed by atoms with Crippen LogP contribution in [0.5, 0.6) is 5.75 Å². The van der Waals surface area contributed by atoms with E-state index in [1.807, 2.05) is 36.4 Å². The van der Waals surface area contributed by atoms with Crippen LogP contribution in [0.4, 0.5) is 5.69 Å². The summed E-state index contributed by atoms with van der Waals surface area (Å²) in [5.41, 5.74) is 8.42. The van der Waals surface area contributed by atoms with E-state index in [9.17, 15) is 4.79 Å². The third-order valence-electron chi connectivity index (χ3n) is 5.07. The van der Waals surface area contributed by atoms with Gasteiger partial charge >= 0.3 is 0 Å². The molecule has 5 heteroatoms. The van der Waals surface area contributed by atoms with Crippen LogP contribution in [0, 0.1) is 12.3 Å². The molecule has 1 heterocycles. The monoisotopic (exact) mass is 354 g/mol. The molecule has 3 N–H and O–H groups in total. The molecule has 0 saturated carbocycles. The number of nitrogens with two attached hydrogens (primary N) is 1. The summed E-state index contributed by atoms with van der Waals surface area (Å²) in [6, 6.07) is 15.6. The molecule has 26 heavy (non-hydrogen) atoms. The van der Waals surface area contributed by atoms with E-state index in [0.29, 0.717) is 39.2 Å². The molecule has 0 aromatic heterocycles. The Hall–Kier alpha value is -2.37. The van der Waals surface area contributed by atoms with E-state index in [1.165, 1.54) is 5.56 Å². The Kier molecular flexibility index (Phi) is 5.91. The first-order valence-electron chi connectivity index (χ1n) is 9.00. The van der Waals surface area contributed by atoms with Gasteiger partial charge in [0.25, 0.3) is 0 Å². The van der Waals surface area contributed by atoms with Gasteiger partial charge in [-0.15, -0.1) is 0 Å². The highest BCUT2D eigenvalue weighted by molar-refractivity contribution is 5.95. The number of carbonyl (C=O) groups excluding carboxylic acids is 1. The minimum absolute atomic E-state index is 0.0423. The second-order valence-corrected chi connectivity index (χ2v) is 6.79. The summed E-state index contributed by atoms with van der Waals surface area (Å²) >= 11 is 0. The fourth-order valence-electron chi connectivity index (χ4n) is 3.15. The topological polar surface area (TPSA) is 73.6 Å². The van der Waals surface area contributed by atoms with Crippen LogP contribution in [0.1, 0.15) is 24.0 Å². The molecule has 3 rings (SSSR count). The van der Waals surface area contributed by atoms with E-state index in [0.717, 1.165) is 17.0 Å². The summed E-state index contributed by atoms with van der Waals surface area (Å²) in [6.07, 6.45) is 1.30. The molecule has 2 aromatic rings. The summed E-state index contributed by atoms with van der Waals surface area (Å²) in [7, 11) is 0. The molecule has 1 saturated heterocycles. The van der Waals surface area contributed by atoms with Crippen molar-refractivity contribution in [3.8, 4) is 5.75 Å². The summed E-state index contributed by atoms with van der Waals surface area (Å²) < 4.78 is 11.3. The molecule has 0 radical (unpaired) electrons. The number of anilines is 1. The quantitative estimate of drug-likeness (QED) is 0.835. The van der Waals surface area contributed by atoms with Gasteiger partial charge in [0.1, 0.15) is 12.4 Å². The lowest BCUT2D eigenvalue weighted by Crippen LogP contribution is -2.46. The lowest BCUT2D eigenvalue weighted by Gasteiger charge is -2.34. The van der Waals surface area contributed by atoms with E-state index < -0.39 is 5.41 Å². The number of nitrogens with one attached hydrogen (secondary N) is 1. The molecule has 1 aliphatic rings. The van der Waals surface area contributed by atoms with Crippen molar-refractivity contribution >= 4 is 11.6 Å². The molecule has 1 amide bonds. The third kappa shape index (κ3) is 4.23. The Morgan fingerprint density at radius 2 is 1.96 bits per heavy atom. The molecular formula is C21H26N2O3. The molecule has 1 fully saturated rings. The fraction of sp³-hybridized carbons (Fsp3) is 0.381. The predicted molar refractivity (Wildman–Crippen MR) is 102 cm³/mol. The van der Waals surface area contributed by atoms with Crippen LogP contribution in [0.15, 0.2) is 48.5 Å². The van der Waals surface area contributed by atoms with E-state index in [-0.39, 0.29) is 5.91 Å². The zero-order valence-corrected chi connectivity index (χ0v) is 15.2. The van der Waals surface area contributed by atoms with Gasteiger partial charge in [-0.1, -0.05) is 30.3 Å². The number of amides is 1. The fourth-order valence-corrected chi connectivity index (χ4v) is 3.15. The first-order chi connectivity index (χ1) is 12.6. The molecule has 0 unspecified atom stereocenters. The van der Waals surface area contributed by atoms with E-state index in [1.54, 1.807) is 0 Å². The van der Waals surface area contributed by atoms with Crippen LogP contribution in [-0.2, 0) is 16.1 Å². The van der Waals surface area contributed by atoms with Crippen LogP contribution in [-0.4, -0.2) is 25.7 Å². The van der Waals surface area contributed by atoms with Crippen molar-refractivity contribution in [2.75, 3.05) is 25.1 Å². The second kappa shape index (κ2) is 8.34. The molecule has 2 aromatic carbocycles. The smallest absolute Gasteiger partial charge is 0.232 e. The van der Waals surface area contributed by atoms with Gasteiger partial charge in [0.15, 0.2) is 0 Å². The second-order valence-electron chi connectivity index (χ2n) is 6.79. The van der Waals surface area contributed by atoms with Crippen molar-refractivity contribution in [2.24, 2.45) is 11.1 Å². The Morgan fingerprint density at radius 1 is 1.19 bits per heavy atom. The standard InChI is InChI=1S/C21H26N2O3/c1-16-5-2-3-6-17(16)14-26-19-8-4-7-18(13-19)23-20(24)21(15-22)9-11-25-12-10-21/h2-8,13H,9-12,14-15,22H2,1H3,(H,23,24). The predicted octanol–water partition coefficient (Wildman–Crippen LogP) is 3.27. The van der Waals surface area contributed by atoms with Gasteiger partial charge in [-0.05, 0) is 43.0 Å². The molecule has 1 aliphatic heterocycles. The number of ether oxygens (including phenoxy) is 2. The number of carbonyl (C=O) groups is 1. The van der Waals surface area contributed by atoms with Crippen LogP contribution >= 0.6 is 0 Å². The molecule has 0 aliphatic carbocycles. The summed E-state index contributed by atoms with van der Waals surface area (Å²) in [5, 5.41) is 3.00. The van der Waals surface area contributed by atoms with Gasteiger partial charge in [0, 0.05) is 31.5 Å². The van der Waals surface area contributed by atoms with Crippen molar-refractivity contribution in [1.82, 2.24) is 0 Å². The van der Waals surface area contributed by atoms with Gasteiger partial charge in [-0.2, -0.15) is 0 Å². The van der Waals surface area contributed by atoms with E-state index in [4.69, 9.17) is 15.2 Å². The Morgan fingerprint density at radius 3 is 2.69 bits per heavy atom. The zero-order valence-electron chi connectivity index (χ0n) is 15.2. The molecular weight excluding hydrogens is 328 g/mol. The lowest BCUT2D eigenvalue weighted by molar-refractivity contribution is -0.130. The van der Waals surface area contributed by atoms with Crippen LogP contribution in [0.3, 0.4) is 0 Å². The Bertz CT molecular complexity index is 754. The number of aryl methyl sites for hydroxylation is 1. The van der Waals surface area contributed by atoms with Gasteiger partial charge in [0.05, 0.1) is 5.41 Å². The highest BCUT2D eigenvalue weighted by Gasteiger charge is 2.38. The maximum Gasteiger partial charge on any atom is 0.232 e. The number of hydrogen-bond acceptors (Lipinski definition) is 4. The van der Waals surface area contributed by atoms with Crippen LogP contribution < -0.4 is 15.8 Å². The molecule has 138 valence electrons. The zero-order chi connectivity index (χ0) is 18.4. The minimum atomic E-state index is -0.545. The van der Waals surface area contributed by atoms with Crippen molar-refractivity contribution in [3.05, 3.63) is 59.7 Å². The van der Waals surface area contributed by atoms with Crippen molar-refractivity contribution in [1.29, 1.82) is 0 Å². The normalized spacial score (nSPS) is 16.1. The van der Waals surface area contributed by atoms with Gasteiger partial charge in [0.2, 0.25) is 5.91 Å². The maximum absolute atomic E-state index is 12.8. The van der Waals surface area contributed by atoms with Crippen molar-refractivity contribution in [3.63, 3.8) is 0 Å². The third-order valence-corrected chi connectivity index (χ3v) is 5.07. The Labute approximate surface area is 154 Å². The van der Waals surface area contributed by atoms with Crippen molar-refractivity contribution < 1.29 is 14.3 Å². The number of hydrogen-bond donors (Lipinski definition) is 2. The van der Waals surface area contributed by atoms with Gasteiger partial charge < -0.3 is 20.5 Å². The summed E-state index contributed by atoms with van der Waals surface area (Å²) in [6.45, 7) is 4.03. The van der Waals surface area contributed by atoms with Crippen LogP contribution in [0.25, 0.3) is 0 Å². The molecule has 0 atom stereocenters. The number of rotatable bonds is 6. The largest absolute Gasteiger partial charge is 0.489 e. The van der Waals surface area contributed by atoms with Crippen LogP contribution in [0.2, 0.25) is 0 Å². The van der Waals surface area contributed by atoms with Gasteiger partial charge in [-0.25, -0.2) is 0 Å². The van der Waals surface area contributed by atoms with E-state index in [2.05, 4.69) is 24.4 Å². The maximum atomic E-state index is 12.8. The average Bonchev–Trinajstić information content (AvgIpc) is 2.68.